The lowest BCUT2D eigenvalue weighted by Gasteiger charge is -2.19. The molecule has 15 nitrogen and oxygen atoms in total. The van der Waals surface area contributed by atoms with E-state index in [9.17, 15) is 23.6 Å². The molecule has 0 amide bonds. The Labute approximate surface area is 247 Å². The van der Waals surface area contributed by atoms with Crippen LogP contribution in [0.4, 0.5) is 0 Å². The Balaban J connectivity index is 4.08. The fourth-order valence-corrected chi connectivity index (χ4v) is 3.41. The minimum atomic E-state index is -4.19. The summed E-state index contributed by atoms with van der Waals surface area (Å²) in [7, 11) is -7.38. The van der Waals surface area contributed by atoms with Gasteiger partial charge in [-0.2, -0.15) is 0 Å². The van der Waals surface area contributed by atoms with Gasteiger partial charge in [-0.3, -0.25) is 9.13 Å². The van der Waals surface area contributed by atoms with Crippen LogP contribution in [0, 0.1) is 0 Å². The van der Waals surface area contributed by atoms with Gasteiger partial charge in [0.2, 0.25) is 0 Å². The average molecular weight is 649 g/mol. The molecule has 0 saturated heterocycles. The summed E-state index contributed by atoms with van der Waals surface area (Å²) in [4.78, 5) is 50.7. The molecular weight excluding hydrogens is 602 g/mol. The molecule has 0 saturated carbocycles. The van der Waals surface area contributed by atoms with Crippen molar-refractivity contribution in [1.29, 1.82) is 0 Å². The molecule has 0 radical (unpaired) electrons. The van der Waals surface area contributed by atoms with Crippen LogP contribution in [0.25, 0.3) is 0 Å². The topological polar surface area (TPSA) is 203 Å². The molecule has 0 aliphatic rings. The van der Waals surface area contributed by atoms with Crippen LogP contribution in [-0.4, -0.2) is 137 Å². The quantitative estimate of drug-likeness (QED) is 0.0495. The molecule has 0 aliphatic carbocycles. The molecule has 0 aromatic heterocycles. The number of esters is 2. The van der Waals surface area contributed by atoms with Crippen LogP contribution in [0.15, 0.2) is 24.3 Å². The number of carbonyl (C=O) groups is 2. The summed E-state index contributed by atoms with van der Waals surface area (Å²) in [6, 6.07) is 0. The van der Waals surface area contributed by atoms with E-state index in [1.165, 1.54) is 20.5 Å². The van der Waals surface area contributed by atoms with E-state index in [0.29, 0.717) is 0 Å². The normalized spacial score (nSPS) is 14.5. The SMILES string of the molecule is C=C(C)C(=O)OC(COCCOCCOCCOCC(COCCP(=O)(O)O)OC(=O)C(=C)C)COCCP(C)(=O)O. The highest BCUT2D eigenvalue weighted by Gasteiger charge is 2.19. The van der Waals surface area contributed by atoms with E-state index in [1.807, 2.05) is 0 Å². The molecule has 0 spiro atoms. The largest absolute Gasteiger partial charge is 0.454 e. The van der Waals surface area contributed by atoms with Gasteiger partial charge in [0.05, 0.1) is 85.4 Å². The molecular formula is C25H46O15P2. The highest BCUT2D eigenvalue weighted by molar-refractivity contribution is 7.57. The Kier molecular flexibility index (Phi) is 22.2. The molecule has 3 unspecified atom stereocenters. The third-order valence-electron chi connectivity index (χ3n) is 4.75. The van der Waals surface area contributed by atoms with Gasteiger partial charge in [0, 0.05) is 24.0 Å². The van der Waals surface area contributed by atoms with Gasteiger partial charge in [0.15, 0.2) is 7.37 Å². The van der Waals surface area contributed by atoms with Gasteiger partial charge in [-0.25, -0.2) is 9.59 Å². The van der Waals surface area contributed by atoms with Crippen LogP contribution in [0.3, 0.4) is 0 Å². The summed E-state index contributed by atoms with van der Waals surface area (Å²) < 4.78 is 65.0. The van der Waals surface area contributed by atoms with Crippen molar-refractivity contribution < 1.29 is 71.3 Å². The molecule has 246 valence electrons. The number of rotatable bonds is 27. The smallest absolute Gasteiger partial charge is 0.333 e. The molecule has 0 aliphatic heterocycles. The van der Waals surface area contributed by atoms with Crippen LogP contribution in [0.2, 0.25) is 0 Å². The fourth-order valence-electron chi connectivity index (χ4n) is 2.57. The number of ether oxygens (including phenoxy) is 8. The molecule has 0 aromatic carbocycles. The maximum absolute atomic E-state index is 11.8. The average Bonchev–Trinajstić information content (AvgIpc) is 2.87. The molecule has 17 heteroatoms. The second-order valence-electron chi connectivity index (χ2n) is 9.30. The summed E-state index contributed by atoms with van der Waals surface area (Å²) in [5.74, 6) is -1.23. The Hall–Kier alpha value is -1.48. The first-order valence-electron chi connectivity index (χ1n) is 13.1. The summed E-state index contributed by atoms with van der Waals surface area (Å²) in [6.45, 7) is 12.5. The van der Waals surface area contributed by atoms with Gasteiger partial charge in [-0.15, -0.1) is 0 Å². The third-order valence-corrected chi connectivity index (χ3v) is 6.53. The van der Waals surface area contributed by atoms with Crippen LogP contribution in [0.1, 0.15) is 13.8 Å². The van der Waals surface area contributed by atoms with Gasteiger partial charge >= 0.3 is 19.5 Å². The van der Waals surface area contributed by atoms with Crippen LogP contribution >= 0.6 is 15.0 Å². The zero-order chi connectivity index (χ0) is 32.0. The minimum absolute atomic E-state index is 0.00348. The van der Waals surface area contributed by atoms with Crippen molar-refractivity contribution in [2.75, 3.05) is 98.3 Å². The summed E-state index contributed by atoms with van der Waals surface area (Å²) in [6.07, 6.45) is -1.97. The van der Waals surface area contributed by atoms with Crippen LogP contribution in [0.5, 0.6) is 0 Å². The zero-order valence-corrected chi connectivity index (χ0v) is 26.4. The molecule has 0 heterocycles. The van der Waals surface area contributed by atoms with Crippen molar-refractivity contribution in [3.05, 3.63) is 24.3 Å². The van der Waals surface area contributed by atoms with E-state index in [2.05, 4.69) is 13.2 Å². The van der Waals surface area contributed by atoms with Gasteiger partial charge < -0.3 is 52.6 Å². The zero-order valence-electron chi connectivity index (χ0n) is 24.6. The highest BCUT2D eigenvalue weighted by atomic mass is 31.2. The monoisotopic (exact) mass is 648 g/mol. The number of carbonyl (C=O) groups excluding carboxylic acids is 2. The Morgan fingerprint density at radius 3 is 1.21 bits per heavy atom. The predicted molar refractivity (Wildman–Crippen MR) is 152 cm³/mol. The molecule has 0 rings (SSSR count). The van der Waals surface area contributed by atoms with Crippen molar-refractivity contribution in [3.8, 4) is 0 Å². The van der Waals surface area contributed by atoms with Crippen molar-refractivity contribution in [1.82, 2.24) is 0 Å². The second kappa shape index (κ2) is 23.0. The summed E-state index contributed by atoms with van der Waals surface area (Å²) in [5, 5.41) is 0. The van der Waals surface area contributed by atoms with E-state index in [1.54, 1.807) is 0 Å². The lowest BCUT2D eigenvalue weighted by Crippen LogP contribution is -2.30. The van der Waals surface area contributed by atoms with Crippen LogP contribution < -0.4 is 0 Å². The van der Waals surface area contributed by atoms with E-state index in [4.69, 9.17) is 47.7 Å². The van der Waals surface area contributed by atoms with E-state index in [-0.39, 0.29) is 96.6 Å². The first-order valence-corrected chi connectivity index (χ1v) is 17.2. The van der Waals surface area contributed by atoms with Gasteiger partial charge in [-0.05, 0) is 13.8 Å². The highest BCUT2D eigenvalue weighted by Crippen LogP contribution is 2.34. The van der Waals surface area contributed by atoms with Gasteiger partial charge in [0.25, 0.3) is 0 Å². The van der Waals surface area contributed by atoms with Gasteiger partial charge in [0.1, 0.15) is 12.2 Å². The second-order valence-corrected chi connectivity index (χ2v) is 13.6. The Morgan fingerprint density at radius 2 is 0.905 bits per heavy atom. The predicted octanol–water partition coefficient (Wildman–Crippen LogP) is 1.14. The molecule has 3 atom stereocenters. The molecule has 0 aromatic rings. The van der Waals surface area contributed by atoms with E-state index in [0.717, 1.165) is 0 Å². The number of hydrogen-bond donors (Lipinski definition) is 3. The number of hydrogen-bond acceptors (Lipinski definition) is 12. The molecule has 42 heavy (non-hydrogen) atoms. The maximum atomic E-state index is 11.8. The van der Waals surface area contributed by atoms with Crippen molar-refractivity contribution in [2.45, 2.75) is 26.1 Å². The maximum Gasteiger partial charge on any atom is 0.333 e. The Morgan fingerprint density at radius 1 is 0.595 bits per heavy atom. The van der Waals surface area contributed by atoms with Crippen molar-refractivity contribution in [3.63, 3.8) is 0 Å². The van der Waals surface area contributed by atoms with Crippen molar-refractivity contribution in [2.24, 2.45) is 0 Å². The van der Waals surface area contributed by atoms with Crippen LogP contribution in [-0.2, 0) is 56.6 Å². The standard InChI is InChI=1S/C25H46O15P2/c1-20(2)24(26)39-22(18-37-12-14-41(5,28)29)16-35-10-8-33-6-7-34-9-11-36-17-23(40-25(27)21(3)4)19-38-13-15-42(30,31)32/h22-23H,1,3,6-19H2,2,4-5H3,(H,28,29)(H2,30,31,32). The summed E-state index contributed by atoms with van der Waals surface area (Å²) >= 11 is 0. The van der Waals surface area contributed by atoms with E-state index < -0.39 is 45.3 Å². The lowest BCUT2D eigenvalue weighted by molar-refractivity contribution is -0.152. The third kappa shape index (κ3) is 26.2. The molecule has 3 N–H and O–H groups in total. The van der Waals surface area contributed by atoms with E-state index >= 15 is 0 Å². The Bertz CT molecular complexity index is 826. The fraction of sp³-hybridized carbons (Fsp3) is 0.760. The lowest BCUT2D eigenvalue weighted by atomic mass is 10.3. The minimum Gasteiger partial charge on any atom is -0.454 e. The van der Waals surface area contributed by atoms with Crippen molar-refractivity contribution >= 4 is 26.9 Å². The molecule has 0 fully saturated rings. The first-order chi connectivity index (χ1) is 19.6. The first kappa shape index (κ1) is 40.5. The van der Waals surface area contributed by atoms with Gasteiger partial charge in [-0.1, -0.05) is 13.2 Å². The molecule has 0 bridgehead atoms. The summed E-state index contributed by atoms with van der Waals surface area (Å²) in [5.41, 5.74) is 0.409.